The first kappa shape index (κ1) is 18.5. The first-order valence-electron chi connectivity index (χ1n) is 7.48. The topological polar surface area (TPSA) is 75.4 Å². The Morgan fingerprint density at radius 3 is 2.59 bits per heavy atom. The van der Waals surface area contributed by atoms with Gasteiger partial charge in [0.2, 0.25) is 11.8 Å². The van der Waals surface area contributed by atoms with Gasteiger partial charge in [0, 0.05) is 32.0 Å². The molecular formula is C16H24ClN3O2. The molecule has 0 saturated carbocycles. The average molecular weight is 326 g/mol. The second kappa shape index (κ2) is 9.43. The van der Waals surface area contributed by atoms with Crippen molar-refractivity contribution >= 4 is 24.2 Å². The average Bonchev–Trinajstić information content (AvgIpc) is 2.97. The molecule has 1 atom stereocenters. The molecule has 1 aliphatic heterocycles. The third kappa shape index (κ3) is 6.03. The summed E-state index contributed by atoms with van der Waals surface area (Å²) in [7, 11) is 0. The van der Waals surface area contributed by atoms with Gasteiger partial charge in [-0.1, -0.05) is 30.3 Å². The van der Waals surface area contributed by atoms with E-state index in [9.17, 15) is 9.59 Å². The Morgan fingerprint density at radius 2 is 2.00 bits per heavy atom. The van der Waals surface area contributed by atoms with E-state index >= 15 is 0 Å². The summed E-state index contributed by atoms with van der Waals surface area (Å²) in [6, 6.07) is 10.1. The predicted molar refractivity (Wildman–Crippen MR) is 88.6 cm³/mol. The monoisotopic (exact) mass is 325 g/mol. The highest BCUT2D eigenvalue weighted by Gasteiger charge is 2.22. The van der Waals surface area contributed by atoms with Crippen LogP contribution in [0.15, 0.2) is 30.3 Å². The van der Waals surface area contributed by atoms with Gasteiger partial charge in [0.25, 0.3) is 0 Å². The molecule has 0 aliphatic carbocycles. The van der Waals surface area contributed by atoms with Crippen molar-refractivity contribution in [2.45, 2.75) is 38.3 Å². The van der Waals surface area contributed by atoms with Crippen LogP contribution in [0.1, 0.15) is 31.2 Å². The highest BCUT2D eigenvalue weighted by molar-refractivity contribution is 5.85. The van der Waals surface area contributed by atoms with E-state index in [1.807, 2.05) is 30.3 Å². The van der Waals surface area contributed by atoms with Gasteiger partial charge in [-0.05, 0) is 24.9 Å². The van der Waals surface area contributed by atoms with Gasteiger partial charge < -0.3 is 16.0 Å². The highest BCUT2D eigenvalue weighted by atomic mass is 35.5. The molecule has 2 rings (SSSR count). The maximum absolute atomic E-state index is 12.4. The number of carbonyl (C=O) groups is 2. The molecule has 2 amide bonds. The zero-order chi connectivity index (χ0) is 15.1. The van der Waals surface area contributed by atoms with Crippen LogP contribution in [0.4, 0.5) is 0 Å². The number of hydrogen-bond donors (Lipinski definition) is 2. The summed E-state index contributed by atoms with van der Waals surface area (Å²) < 4.78 is 0. The number of primary amides is 1. The molecule has 0 bridgehead atoms. The van der Waals surface area contributed by atoms with E-state index in [2.05, 4.69) is 5.32 Å². The Morgan fingerprint density at radius 1 is 1.27 bits per heavy atom. The summed E-state index contributed by atoms with van der Waals surface area (Å²) in [5.41, 5.74) is 6.27. The summed E-state index contributed by atoms with van der Waals surface area (Å²) in [6.07, 6.45) is 2.86. The molecule has 3 N–H and O–H groups in total. The van der Waals surface area contributed by atoms with Crippen LogP contribution in [-0.2, 0) is 16.1 Å². The van der Waals surface area contributed by atoms with Crippen molar-refractivity contribution in [2.24, 2.45) is 5.73 Å². The molecule has 1 saturated heterocycles. The van der Waals surface area contributed by atoms with Crippen LogP contribution in [0, 0.1) is 0 Å². The number of carbonyl (C=O) groups excluding carboxylic acids is 2. The van der Waals surface area contributed by atoms with Crippen molar-refractivity contribution < 1.29 is 9.59 Å². The minimum Gasteiger partial charge on any atom is -0.370 e. The molecule has 1 heterocycles. The maximum atomic E-state index is 12.4. The van der Waals surface area contributed by atoms with E-state index in [4.69, 9.17) is 5.73 Å². The van der Waals surface area contributed by atoms with Crippen LogP contribution in [0.25, 0.3) is 0 Å². The normalized spacial score (nSPS) is 16.8. The molecule has 122 valence electrons. The van der Waals surface area contributed by atoms with Crippen LogP contribution >= 0.6 is 12.4 Å². The van der Waals surface area contributed by atoms with Gasteiger partial charge in [-0.3, -0.25) is 9.59 Å². The van der Waals surface area contributed by atoms with Crippen molar-refractivity contribution in [3.8, 4) is 0 Å². The smallest absolute Gasteiger partial charge is 0.224 e. The fourth-order valence-corrected chi connectivity index (χ4v) is 2.61. The lowest BCUT2D eigenvalue weighted by Gasteiger charge is -2.24. The first-order chi connectivity index (χ1) is 10.1. The Balaban J connectivity index is 0.00000242. The molecule has 1 aromatic carbocycles. The van der Waals surface area contributed by atoms with Crippen LogP contribution in [0.5, 0.6) is 0 Å². The van der Waals surface area contributed by atoms with Crippen LogP contribution < -0.4 is 11.1 Å². The molecule has 1 aromatic rings. The Hall–Kier alpha value is -1.59. The molecule has 0 aromatic heterocycles. The van der Waals surface area contributed by atoms with Crippen LogP contribution in [-0.4, -0.2) is 35.8 Å². The largest absolute Gasteiger partial charge is 0.370 e. The summed E-state index contributed by atoms with van der Waals surface area (Å²) in [6.45, 7) is 1.90. The Bertz CT molecular complexity index is 476. The number of nitrogens with zero attached hydrogens (tertiary/aromatic N) is 1. The molecular weight excluding hydrogens is 302 g/mol. The fraction of sp³-hybridized carbons (Fsp3) is 0.500. The lowest BCUT2D eigenvalue weighted by atomic mass is 10.1. The highest BCUT2D eigenvalue weighted by Crippen LogP contribution is 2.13. The van der Waals surface area contributed by atoms with Crippen molar-refractivity contribution in [3.05, 3.63) is 35.9 Å². The second-order valence-electron chi connectivity index (χ2n) is 5.51. The van der Waals surface area contributed by atoms with Gasteiger partial charge in [0.1, 0.15) is 0 Å². The van der Waals surface area contributed by atoms with Gasteiger partial charge >= 0.3 is 0 Å². The van der Waals surface area contributed by atoms with E-state index < -0.39 is 0 Å². The minimum atomic E-state index is -0.375. The zero-order valence-corrected chi connectivity index (χ0v) is 13.5. The van der Waals surface area contributed by atoms with Crippen molar-refractivity contribution in [3.63, 3.8) is 0 Å². The van der Waals surface area contributed by atoms with Gasteiger partial charge in [0.05, 0.1) is 0 Å². The number of hydrogen-bond acceptors (Lipinski definition) is 3. The number of nitrogens with two attached hydrogens (primary N) is 1. The fourth-order valence-electron chi connectivity index (χ4n) is 2.61. The lowest BCUT2D eigenvalue weighted by Crippen LogP contribution is -2.37. The van der Waals surface area contributed by atoms with Crippen LogP contribution in [0.3, 0.4) is 0 Å². The third-order valence-electron chi connectivity index (χ3n) is 3.78. The molecule has 0 spiro atoms. The number of amides is 2. The first-order valence-corrected chi connectivity index (χ1v) is 7.48. The minimum absolute atomic E-state index is 0. The van der Waals surface area contributed by atoms with E-state index in [1.54, 1.807) is 4.90 Å². The maximum Gasteiger partial charge on any atom is 0.224 e. The second-order valence-corrected chi connectivity index (χ2v) is 5.51. The SMILES string of the molecule is Cl.NC(=O)CCN(Cc1ccccc1)C(=O)CC1CCCN1. The van der Waals surface area contributed by atoms with E-state index in [0.717, 1.165) is 24.9 Å². The zero-order valence-electron chi connectivity index (χ0n) is 12.7. The third-order valence-corrected chi connectivity index (χ3v) is 3.78. The number of rotatable bonds is 7. The molecule has 5 nitrogen and oxygen atoms in total. The standard InChI is InChI=1S/C16H23N3O2.ClH/c17-15(20)8-10-19(12-13-5-2-1-3-6-13)16(21)11-14-7-4-9-18-14;/h1-3,5-6,14,18H,4,7-12H2,(H2,17,20);1H. The van der Waals surface area contributed by atoms with E-state index in [1.165, 1.54) is 0 Å². The van der Waals surface area contributed by atoms with Crippen molar-refractivity contribution in [2.75, 3.05) is 13.1 Å². The molecule has 1 unspecified atom stereocenters. The van der Waals surface area contributed by atoms with E-state index in [0.29, 0.717) is 19.5 Å². The number of benzene rings is 1. The molecule has 1 aliphatic rings. The van der Waals surface area contributed by atoms with Crippen molar-refractivity contribution in [1.29, 1.82) is 0 Å². The quantitative estimate of drug-likeness (QED) is 0.797. The van der Waals surface area contributed by atoms with Gasteiger partial charge in [-0.2, -0.15) is 0 Å². The number of nitrogens with one attached hydrogen (secondary N) is 1. The molecule has 22 heavy (non-hydrogen) atoms. The molecule has 0 radical (unpaired) electrons. The van der Waals surface area contributed by atoms with Gasteiger partial charge in [0.15, 0.2) is 0 Å². The summed E-state index contributed by atoms with van der Waals surface area (Å²) in [4.78, 5) is 25.2. The van der Waals surface area contributed by atoms with Gasteiger partial charge in [-0.15, -0.1) is 12.4 Å². The molecule has 1 fully saturated rings. The Labute approximate surface area is 137 Å². The summed E-state index contributed by atoms with van der Waals surface area (Å²) in [5.74, 6) is -0.292. The van der Waals surface area contributed by atoms with E-state index in [-0.39, 0.29) is 36.7 Å². The van der Waals surface area contributed by atoms with Crippen LogP contribution in [0.2, 0.25) is 0 Å². The van der Waals surface area contributed by atoms with Crippen molar-refractivity contribution in [1.82, 2.24) is 10.2 Å². The van der Waals surface area contributed by atoms with Gasteiger partial charge in [-0.25, -0.2) is 0 Å². The predicted octanol–water partition coefficient (Wildman–Crippen LogP) is 1.45. The summed E-state index contributed by atoms with van der Waals surface area (Å²) in [5, 5.41) is 3.33. The Kier molecular flexibility index (Phi) is 7.91. The lowest BCUT2D eigenvalue weighted by molar-refractivity contribution is -0.132. The summed E-state index contributed by atoms with van der Waals surface area (Å²) >= 11 is 0. The number of halogens is 1. The molecule has 6 heteroatoms.